The molecule has 2 aromatic rings. The summed E-state index contributed by atoms with van der Waals surface area (Å²) in [5.74, 6) is 1.00. The van der Waals surface area contributed by atoms with Gasteiger partial charge in [-0.25, -0.2) is 19.6 Å². The molecule has 0 fully saturated rings. The molecule has 0 spiro atoms. The van der Waals surface area contributed by atoms with Crippen LogP contribution in [0.2, 0.25) is 0 Å². The quantitative estimate of drug-likeness (QED) is 0.169. The second kappa shape index (κ2) is 11.7. The molecule has 0 radical (unpaired) electrons. The van der Waals surface area contributed by atoms with Crippen molar-refractivity contribution in [2.45, 2.75) is 0 Å². The lowest BCUT2D eigenvalue weighted by Gasteiger charge is -2.10. The number of hydrogen-bond acceptors (Lipinski definition) is 10. The molecule has 0 aliphatic rings. The summed E-state index contributed by atoms with van der Waals surface area (Å²) in [4.78, 5) is 19.8. The molecule has 0 saturated heterocycles. The maximum absolute atomic E-state index is 5.76. The Morgan fingerprint density at radius 3 is 1.25 bits per heavy atom. The molecule has 2 rings (SSSR count). The lowest BCUT2D eigenvalue weighted by Crippen LogP contribution is -2.13. The van der Waals surface area contributed by atoms with Crippen LogP contribution in [0.5, 0.6) is 11.5 Å². The zero-order chi connectivity index (χ0) is 20.2. The summed E-state index contributed by atoms with van der Waals surface area (Å²) in [5, 5.41) is 0. The van der Waals surface area contributed by atoms with E-state index in [-0.39, 0.29) is 39.6 Å². The SMILES string of the molecule is Nc1ccc(N)c(OCCOOCCOOCCOc2cc(N)ccc2N)c1. The van der Waals surface area contributed by atoms with Gasteiger partial charge in [-0.15, -0.1) is 0 Å². The topological polar surface area (TPSA) is 159 Å². The Labute approximate surface area is 163 Å². The molecule has 0 aromatic heterocycles. The summed E-state index contributed by atoms with van der Waals surface area (Å²) in [6.07, 6.45) is 0. The van der Waals surface area contributed by atoms with E-state index in [0.717, 1.165) is 0 Å². The van der Waals surface area contributed by atoms with Crippen molar-refractivity contribution in [1.29, 1.82) is 0 Å². The molecule has 0 atom stereocenters. The van der Waals surface area contributed by atoms with Crippen molar-refractivity contribution in [3.05, 3.63) is 36.4 Å². The highest BCUT2D eigenvalue weighted by molar-refractivity contribution is 5.60. The third kappa shape index (κ3) is 7.76. The maximum atomic E-state index is 5.76. The largest absolute Gasteiger partial charge is 0.489 e. The van der Waals surface area contributed by atoms with Gasteiger partial charge in [0.2, 0.25) is 0 Å². The first-order chi connectivity index (χ1) is 13.6. The van der Waals surface area contributed by atoms with Gasteiger partial charge in [-0.05, 0) is 24.3 Å². The van der Waals surface area contributed by atoms with Gasteiger partial charge in [0.1, 0.15) is 51.1 Å². The van der Waals surface area contributed by atoms with Gasteiger partial charge in [-0.2, -0.15) is 0 Å². The van der Waals surface area contributed by atoms with E-state index >= 15 is 0 Å². The van der Waals surface area contributed by atoms with Crippen molar-refractivity contribution in [3.63, 3.8) is 0 Å². The molecule has 0 unspecified atom stereocenters. The Morgan fingerprint density at radius 2 is 0.857 bits per heavy atom. The van der Waals surface area contributed by atoms with Gasteiger partial charge in [-0.3, -0.25) is 0 Å². The van der Waals surface area contributed by atoms with Crippen molar-refractivity contribution in [1.82, 2.24) is 0 Å². The van der Waals surface area contributed by atoms with Crippen molar-refractivity contribution in [2.75, 3.05) is 62.6 Å². The molecule has 0 aliphatic carbocycles. The summed E-state index contributed by atoms with van der Waals surface area (Å²) < 4.78 is 10.9. The van der Waals surface area contributed by atoms with E-state index in [1.54, 1.807) is 36.4 Å². The van der Waals surface area contributed by atoms with E-state index in [4.69, 9.17) is 52.0 Å². The third-order valence-corrected chi connectivity index (χ3v) is 3.34. The summed E-state index contributed by atoms with van der Waals surface area (Å²) >= 11 is 0. The lowest BCUT2D eigenvalue weighted by molar-refractivity contribution is -0.342. The minimum Gasteiger partial charge on any atom is -0.489 e. The van der Waals surface area contributed by atoms with Gasteiger partial charge < -0.3 is 32.4 Å². The Hall–Kier alpha value is -2.92. The lowest BCUT2D eigenvalue weighted by atomic mass is 10.2. The standard InChI is InChI=1S/C18H26N4O6/c19-13-1-3-15(21)17(11-13)23-5-7-25-27-9-10-28-26-8-6-24-18-12-14(20)2-4-16(18)22/h1-4,11-12H,5-10,19-22H2. The van der Waals surface area contributed by atoms with Crippen LogP contribution in [-0.2, 0) is 19.6 Å². The maximum Gasteiger partial charge on any atom is 0.144 e. The van der Waals surface area contributed by atoms with Gasteiger partial charge in [0.05, 0.1) is 11.4 Å². The van der Waals surface area contributed by atoms with E-state index in [9.17, 15) is 0 Å². The number of ether oxygens (including phenoxy) is 2. The Kier molecular flexibility index (Phi) is 8.95. The Balaban J connectivity index is 1.41. The second-order valence-electron chi connectivity index (χ2n) is 5.58. The van der Waals surface area contributed by atoms with Gasteiger partial charge in [0.25, 0.3) is 0 Å². The fourth-order valence-corrected chi connectivity index (χ4v) is 2.03. The van der Waals surface area contributed by atoms with Crippen LogP contribution in [0.15, 0.2) is 36.4 Å². The zero-order valence-corrected chi connectivity index (χ0v) is 15.5. The number of anilines is 4. The molecule has 28 heavy (non-hydrogen) atoms. The average molecular weight is 394 g/mol. The van der Waals surface area contributed by atoms with E-state index in [1.165, 1.54) is 0 Å². The van der Waals surface area contributed by atoms with Crippen molar-refractivity contribution < 1.29 is 29.0 Å². The van der Waals surface area contributed by atoms with Crippen LogP contribution in [0.1, 0.15) is 0 Å². The number of rotatable bonds is 13. The smallest absolute Gasteiger partial charge is 0.144 e. The van der Waals surface area contributed by atoms with Crippen molar-refractivity contribution in [3.8, 4) is 11.5 Å². The Morgan fingerprint density at radius 1 is 0.500 bits per heavy atom. The van der Waals surface area contributed by atoms with Crippen molar-refractivity contribution in [2.24, 2.45) is 0 Å². The molecule has 0 saturated carbocycles. The number of nitrogens with two attached hydrogens (primary N) is 4. The minimum absolute atomic E-state index is 0.184. The molecule has 0 amide bonds. The fourth-order valence-electron chi connectivity index (χ4n) is 2.03. The van der Waals surface area contributed by atoms with E-state index in [2.05, 4.69) is 0 Å². The fraction of sp³-hybridized carbons (Fsp3) is 0.333. The summed E-state index contributed by atoms with van der Waals surface area (Å²) in [5.41, 5.74) is 25.0. The molecule has 10 nitrogen and oxygen atoms in total. The highest BCUT2D eigenvalue weighted by Crippen LogP contribution is 2.24. The molecule has 0 heterocycles. The van der Waals surface area contributed by atoms with Gasteiger partial charge >= 0.3 is 0 Å². The molecule has 8 N–H and O–H groups in total. The molecule has 0 bridgehead atoms. The predicted octanol–water partition coefficient (Wildman–Crippen LogP) is 1.37. The number of hydrogen-bond donors (Lipinski definition) is 4. The Bertz CT molecular complexity index is 670. The first kappa shape index (κ1) is 21.4. The van der Waals surface area contributed by atoms with E-state index in [0.29, 0.717) is 34.2 Å². The average Bonchev–Trinajstić information content (AvgIpc) is 2.67. The monoisotopic (exact) mass is 394 g/mol. The number of benzene rings is 2. The molecular weight excluding hydrogens is 368 g/mol. The van der Waals surface area contributed by atoms with Gasteiger partial charge in [0.15, 0.2) is 0 Å². The van der Waals surface area contributed by atoms with Gasteiger partial charge in [0, 0.05) is 23.5 Å². The highest BCUT2D eigenvalue weighted by Gasteiger charge is 2.02. The van der Waals surface area contributed by atoms with E-state index < -0.39 is 0 Å². The zero-order valence-electron chi connectivity index (χ0n) is 15.5. The summed E-state index contributed by atoms with van der Waals surface area (Å²) in [6.45, 7) is 1.31. The second-order valence-corrected chi connectivity index (χ2v) is 5.58. The molecule has 10 heteroatoms. The van der Waals surface area contributed by atoms with Crippen LogP contribution in [0.3, 0.4) is 0 Å². The minimum atomic E-state index is 0.184. The van der Waals surface area contributed by atoms with Crippen LogP contribution in [0.25, 0.3) is 0 Å². The molecule has 2 aromatic carbocycles. The normalized spacial score (nSPS) is 10.7. The number of nitrogen functional groups attached to an aromatic ring is 4. The van der Waals surface area contributed by atoms with Gasteiger partial charge in [-0.1, -0.05) is 0 Å². The van der Waals surface area contributed by atoms with Crippen LogP contribution in [0, 0.1) is 0 Å². The molecule has 154 valence electrons. The van der Waals surface area contributed by atoms with Crippen molar-refractivity contribution >= 4 is 22.7 Å². The first-order valence-corrected chi connectivity index (χ1v) is 8.60. The van der Waals surface area contributed by atoms with Crippen LogP contribution >= 0.6 is 0 Å². The predicted molar refractivity (Wildman–Crippen MR) is 105 cm³/mol. The van der Waals surface area contributed by atoms with Crippen LogP contribution in [-0.4, -0.2) is 39.6 Å². The van der Waals surface area contributed by atoms with E-state index in [1.807, 2.05) is 0 Å². The summed E-state index contributed by atoms with van der Waals surface area (Å²) in [6, 6.07) is 10.0. The van der Waals surface area contributed by atoms with Crippen LogP contribution in [0.4, 0.5) is 22.7 Å². The molecule has 0 aliphatic heterocycles. The third-order valence-electron chi connectivity index (χ3n) is 3.34. The highest BCUT2D eigenvalue weighted by atomic mass is 17.2. The molecular formula is C18H26N4O6. The summed E-state index contributed by atoms with van der Waals surface area (Å²) in [7, 11) is 0. The first-order valence-electron chi connectivity index (χ1n) is 8.60. The van der Waals surface area contributed by atoms with Crippen LogP contribution < -0.4 is 32.4 Å².